The van der Waals surface area contributed by atoms with Crippen molar-refractivity contribution in [2.75, 3.05) is 25.5 Å². The lowest BCUT2D eigenvalue weighted by Gasteiger charge is -2.21. The summed E-state index contributed by atoms with van der Waals surface area (Å²) in [7, 11) is 1.54. The molecule has 1 aromatic heterocycles. The van der Waals surface area contributed by atoms with E-state index in [1.54, 1.807) is 18.2 Å². The molecular formula is C22H26N6O3. The van der Waals surface area contributed by atoms with Crippen molar-refractivity contribution in [3.05, 3.63) is 54.1 Å². The number of aromatic nitrogens is 4. The molecule has 0 bridgehead atoms. The van der Waals surface area contributed by atoms with E-state index in [1.807, 2.05) is 44.2 Å². The Kier molecular flexibility index (Phi) is 7.31. The quantitative estimate of drug-likeness (QED) is 0.569. The molecule has 2 aromatic carbocycles. The predicted octanol–water partition coefficient (Wildman–Crippen LogP) is 2.53. The number of methoxy groups -OCH3 is 1. The molecule has 3 aromatic rings. The SMILES string of the molecule is CCCN(CC(=O)Nc1ccccc1OC)C(=O)Cn1nnc(-c2ccc(C)cc2)n1. The second-order valence-corrected chi connectivity index (χ2v) is 7.07. The maximum atomic E-state index is 12.8. The molecule has 0 unspecified atom stereocenters. The molecule has 9 nitrogen and oxygen atoms in total. The van der Waals surface area contributed by atoms with Crippen molar-refractivity contribution < 1.29 is 14.3 Å². The molecule has 0 fully saturated rings. The molecule has 9 heteroatoms. The molecule has 162 valence electrons. The number of nitrogens with zero attached hydrogens (tertiary/aromatic N) is 5. The van der Waals surface area contributed by atoms with Gasteiger partial charge < -0.3 is 15.0 Å². The fourth-order valence-corrected chi connectivity index (χ4v) is 3.02. The third kappa shape index (κ3) is 5.88. The molecule has 1 N–H and O–H groups in total. The number of para-hydroxylation sites is 2. The summed E-state index contributed by atoms with van der Waals surface area (Å²) in [6, 6.07) is 14.9. The molecule has 2 amide bonds. The molecule has 0 saturated carbocycles. The van der Waals surface area contributed by atoms with Gasteiger partial charge in [0.25, 0.3) is 0 Å². The standard InChI is InChI=1S/C22H26N6O3/c1-4-13-27(14-20(29)23-18-7-5-6-8-19(18)31-3)21(30)15-28-25-22(24-26-28)17-11-9-16(2)10-12-17/h5-12H,4,13-15H2,1-3H3,(H,23,29). The Labute approximate surface area is 181 Å². The summed E-state index contributed by atoms with van der Waals surface area (Å²) in [6.45, 7) is 4.21. The third-order valence-electron chi connectivity index (χ3n) is 4.60. The summed E-state index contributed by atoms with van der Waals surface area (Å²) >= 11 is 0. The summed E-state index contributed by atoms with van der Waals surface area (Å²) in [5.74, 6) is 0.437. The predicted molar refractivity (Wildman–Crippen MR) is 116 cm³/mol. The smallest absolute Gasteiger partial charge is 0.246 e. The minimum absolute atomic E-state index is 0.0791. The number of hydrogen-bond donors (Lipinski definition) is 1. The maximum absolute atomic E-state index is 12.8. The van der Waals surface area contributed by atoms with Crippen molar-refractivity contribution >= 4 is 17.5 Å². The minimum atomic E-state index is -0.307. The molecule has 0 aliphatic carbocycles. The Morgan fingerprint density at radius 2 is 1.87 bits per heavy atom. The van der Waals surface area contributed by atoms with Crippen LogP contribution < -0.4 is 10.1 Å². The van der Waals surface area contributed by atoms with Crippen LogP contribution in [0.4, 0.5) is 5.69 Å². The number of hydrogen-bond acceptors (Lipinski definition) is 6. The number of carbonyl (C=O) groups is 2. The molecule has 0 aliphatic heterocycles. The first-order valence-corrected chi connectivity index (χ1v) is 10.1. The van der Waals surface area contributed by atoms with Crippen LogP contribution in [0.3, 0.4) is 0 Å². The first-order chi connectivity index (χ1) is 15.0. The van der Waals surface area contributed by atoms with E-state index in [9.17, 15) is 9.59 Å². The number of ether oxygens (including phenoxy) is 1. The third-order valence-corrected chi connectivity index (χ3v) is 4.60. The van der Waals surface area contributed by atoms with E-state index >= 15 is 0 Å². The number of aryl methyl sites for hydroxylation is 1. The van der Waals surface area contributed by atoms with Crippen LogP contribution in [-0.2, 0) is 16.1 Å². The summed E-state index contributed by atoms with van der Waals surface area (Å²) in [6.07, 6.45) is 0.715. The van der Waals surface area contributed by atoms with E-state index in [0.717, 1.165) is 11.1 Å². The Bertz CT molecular complexity index is 1030. The van der Waals surface area contributed by atoms with Crippen molar-refractivity contribution in [3.63, 3.8) is 0 Å². The topological polar surface area (TPSA) is 102 Å². The number of amides is 2. The van der Waals surface area contributed by atoms with Crippen LogP contribution in [0, 0.1) is 6.92 Å². The minimum Gasteiger partial charge on any atom is -0.495 e. The molecular weight excluding hydrogens is 396 g/mol. The van der Waals surface area contributed by atoms with Crippen LogP contribution in [-0.4, -0.2) is 57.1 Å². The van der Waals surface area contributed by atoms with E-state index in [1.165, 1.54) is 16.8 Å². The molecule has 0 radical (unpaired) electrons. The largest absolute Gasteiger partial charge is 0.495 e. The number of tetrazole rings is 1. The van der Waals surface area contributed by atoms with Gasteiger partial charge in [-0.1, -0.05) is 48.9 Å². The lowest BCUT2D eigenvalue weighted by atomic mass is 10.1. The van der Waals surface area contributed by atoms with Gasteiger partial charge >= 0.3 is 0 Å². The van der Waals surface area contributed by atoms with Crippen LogP contribution in [0.15, 0.2) is 48.5 Å². The van der Waals surface area contributed by atoms with Gasteiger partial charge in [-0.2, -0.15) is 4.80 Å². The average molecular weight is 422 g/mol. The Hall–Kier alpha value is -3.75. The van der Waals surface area contributed by atoms with Crippen LogP contribution in [0.25, 0.3) is 11.4 Å². The monoisotopic (exact) mass is 422 g/mol. The average Bonchev–Trinajstić information content (AvgIpc) is 3.22. The zero-order valence-corrected chi connectivity index (χ0v) is 17.9. The van der Waals surface area contributed by atoms with Gasteiger partial charge in [0, 0.05) is 12.1 Å². The van der Waals surface area contributed by atoms with Gasteiger partial charge in [0.2, 0.25) is 17.6 Å². The maximum Gasteiger partial charge on any atom is 0.246 e. The second kappa shape index (κ2) is 10.3. The molecule has 0 aliphatic rings. The normalized spacial score (nSPS) is 10.5. The summed E-state index contributed by atoms with van der Waals surface area (Å²) in [5, 5.41) is 15.1. The van der Waals surface area contributed by atoms with Gasteiger partial charge in [-0.15, -0.1) is 10.2 Å². The highest BCUT2D eigenvalue weighted by molar-refractivity contribution is 5.95. The first kappa shape index (κ1) is 21.9. The van der Waals surface area contributed by atoms with E-state index in [0.29, 0.717) is 30.2 Å². The van der Waals surface area contributed by atoms with Crippen molar-refractivity contribution in [2.45, 2.75) is 26.8 Å². The summed E-state index contributed by atoms with van der Waals surface area (Å²) in [4.78, 5) is 28.1. The van der Waals surface area contributed by atoms with Gasteiger partial charge in [-0.25, -0.2) is 0 Å². The Balaban J connectivity index is 1.63. The van der Waals surface area contributed by atoms with Gasteiger partial charge in [0.1, 0.15) is 12.3 Å². The van der Waals surface area contributed by atoms with Crippen LogP contribution in [0.5, 0.6) is 5.75 Å². The van der Waals surface area contributed by atoms with Gasteiger partial charge in [-0.3, -0.25) is 9.59 Å². The van der Waals surface area contributed by atoms with Gasteiger partial charge in [0.05, 0.1) is 19.3 Å². The summed E-state index contributed by atoms with van der Waals surface area (Å²) < 4.78 is 5.25. The van der Waals surface area contributed by atoms with E-state index in [2.05, 4.69) is 20.7 Å². The van der Waals surface area contributed by atoms with E-state index < -0.39 is 0 Å². The molecule has 0 spiro atoms. The fraction of sp³-hybridized carbons (Fsp3) is 0.318. The highest BCUT2D eigenvalue weighted by atomic mass is 16.5. The molecule has 3 rings (SSSR count). The van der Waals surface area contributed by atoms with Crippen LogP contribution in [0.2, 0.25) is 0 Å². The zero-order chi connectivity index (χ0) is 22.2. The van der Waals surface area contributed by atoms with Gasteiger partial charge in [-0.05, 0) is 30.7 Å². The zero-order valence-electron chi connectivity index (χ0n) is 17.9. The highest BCUT2D eigenvalue weighted by Gasteiger charge is 2.19. The van der Waals surface area contributed by atoms with Crippen molar-refractivity contribution in [1.29, 1.82) is 0 Å². The molecule has 0 atom stereocenters. The fourth-order valence-electron chi connectivity index (χ4n) is 3.02. The Morgan fingerprint density at radius 1 is 1.13 bits per heavy atom. The number of nitrogens with one attached hydrogen (secondary N) is 1. The first-order valence-electron chi connectivity index (χ1n) is 10.1. The number of anilines is 1. The summed E-state index contributed by atoms with van der Waals surface area (Å²) in [5.41, 5.74) is 2.51. The van der Waals surface area contributed by atoms with Crippen molar-refractivity contribution in [3.8, 4) is 17.1 Å². The molecule has 31 heavy (non-hydrogen) atoms. The number of benzene rings is 2. The lowest BCUT2D eigenvalue weighted by Crippen LogP contribution is -2.40. The van der Waals surface area contributed by atoms with Crippen molar-refractivity contribution in [2.24, 2.45) is 0 Å². The van der Waals surface area contributed by atoms with Crippen LogP contribution >= 0.6 is 0 Å². The Morgan fingerprint density at radius 3 is 2.58 bits per heavy atom. The van der Waals surface area contributed by atoms with Gasteiger partial charge in [0.15, 0.2) is 0 Å². The number of rotatable bonds is 9. The highest BCUT2D eigenvalue weighted by Crippen LogP contribution is 2.22. The second-order valence-electron chi connectivity index (χ2n) is 7.07. The van der Waals surface area contributed by atoms with Crippen molar-refractivity contribution in [1.82, 2.24) is 25.1 Å². The number of carbonyl (C=O) groups excluding carboxylic acids is 2. The van der Waals surface area contributed by atoms with E-state index in [4.69, 9.17) is 4.74 Å². The van der Waals surface area contributed by atoms with Crippen LogP contribution in [0.1, 0.15) is 18.9 Å². The molecule has 0 saturated heterocycles. The molecule has 1 heterocycles. The van der Waals surface area contributed by atoms with E-state index in [-0.39, 0.29) is 24.9 Å². The lowest BCUT2D eigenvalue weighted by molar-refractivity contribution is -0.135.